The number of aliphatic imine (C=N–C) groups is 2. The van der Waals surface area contributed by atoms with Gasteiger partial charge in [0.05, 0.1) is 36.9 Å². The minimum atomic E-state index is -0.626. The van der Waals surface area contributed by atoms with E-state index < -0.39 is 23.4 Å². The maximum atomic E-state index is 13.9. The van der Waals surface area contributed by atoms with Gasteiger partial charge in [-0.1, -0.05) is 33.8 Å². The van der Waals surface area contributed by atoms with Gasteiger partial charge in [0.15, 0.2) is 0 Å². The van der Waals surface area contributed by atoms with E-state index in [1.807, 2.05) is 26.0 Å². The fraction of sp³-hybridized carbons (Fsp3) is 0.553. The van der Waals surface area contributed by atoms with Crippen LogP contribution in [0, 0.1) is 18.8 Å². The zero-order valence-electron chi connectivity index (χ0n) is 30.8. The molecule has 2 aliphatic rings. The van der Waals surface area contributed by atoms with Crippen LogP contribution >= 0.6 is 0 Å². The van der Waals surface area contributed by atoms with E-state index in [4.69, 9.17) is 19.5 Å². The molecule has 0 saturated carbocycles. The van der Waals surface area contributed by atoms with Gasteiger partial charge in [0.1, 0.15) is 5.60 Å². The first-order chi connectivity index (χ1) is 22.5. The molecule has 3 rings (SSSR count). The third-order valence-corrected chi connectivity index (χ3v) is 9.14. The van der Waals surface area contributed by atoms with Crippen LogP contribution in [-0.4, -0.2) is 66.1 Å². The molecule has 3 heterocycles. The predicted molar refractivity (Wildman–Crippen MR) is 193 cm³/mol. The number of aromatic amines is 1. The van der Waals surface area contributed by atoms with Crippen molar-refractivity contribution < 1.29 is 23.9 Å². The minimum Gasteiger partial charge on any atom is -0.469 e. The van der Waals surface area contributed by atoms with Crippen molar-refractivity contribution in [3.63, 3.8) is 0 Å². The van der Waals surface area contributed by atoms with Gasteiger partial charge in [0, 0.05) is 52.7 Å². The first-order valence-corrected chi connectivity index (χ1v) is 17.0. The van der Waals surface area contributed by atoms with E-state index in [9.17, 15) is 14.4 Å². The van der Waals surface area contributed by atoms with Crippen LogP contribution in [-0.2, 0) is 30.3 Å². The lowest BCUT2D eigenvalue weighted by molar-refractivity contribution is -0.154. The highest BCUT2D eigenvalue weighted by molar-refractivity contribution is 6.27. The molecule has 0 fully saturated rings. The first kappa shape index (κ1) is 38.2. The number of carbonyl (C=O) groups excluding carboxylic acids is 3. The molecule has 48 heavy (non-hydrogen) atoms. The van der Waals surface area contributed by atoms with Gasteiger partial charge in [-0.15, -0.1) is 0 Å². The average molecular weight is 662 g/mol. The van der Waals surface area contributed by atoms with Gasteiger partial charge in [-0.25, -0.2) is 4.99 Å². The van der Waals surface area contributed by atoms with E-state index >= 15 is 0 Å². The molecule has 0 saturated heterocycles. The Kier molecular flexibility index (Phi) is 13.0. The summed E-state index contributed by atoms with van der Waals surface area (Å²) in [6.07, 6.45) is 5.64. The molecule has 0 radical (unpaired) electrons. The molecule has 10 nitrogen and oxygen atoms in total. The molecule has 262 valence electrons. The Morgan fingerprint density at radius 3 is 2.40 bits per heavy atom. The summed E-state index contributed by atoms with van der Waals surface area (Å²) < 4.78 is 10.5. The quantitative estimate of drug-likeness (QED) is 0.334. The summed E-state index contributed by atoms with van der Waals surface area (Å²) >= 11 is 0. The van der Waals surface area contributed by atoms with Crippen molar-refractivity contribution in [3.8, 4) is 0 Å². The van der Waals surface area contributed by atoms with E-state index in [-0.39, 0.29) is 31.3 Å². The third-order valence-electron chi connectivity index (χ3n) is 9.14. The van der Waals surface area contributed by atoms with Gasteiger partial charge in [0.2, 0.25) is 0 Å². The van der Waals surface area contributed by atoms with E-state index in [2.05, 4.69) is 56.8 Å². The highest BCUT2D eigenvalue weighted by Crippen LogP contribution is 2.32. The zero-order valence-corrected chi connectivity index (χ0v) is 30.8. The Hall–Kier alpha value is -4.21. The fourth-order valence-electron chi connectivity index (χ4n) is 6.19. The fourth-order valence-corrected chi connectivity index (χ4v) is 6.19. The lowest BCUT2D eigenvalue weighted by Gasteiger charge is -2.29. The molecule has 1 aromatic rings. The van der Waals surface area contributed by atoms with Gasteiger partial charge in [-0.2, -0.15) is 0 Å². The lowest BCUT2D eigenvalue weighted by atomic mass is 9.86. The van der Waals surface area contributed by atoms with Crippen LogP contribution < -0.4 is 21.3 Å². The standard InChI is InChI=1S/C38H55N5O5/c1-13-21(3)29-20-40-25(7)28(18-34(45)47-12)36-35(37(46)39-16-15-33(44)48-38(9,10)11)24(6)31(43-36)19-32-27(14-2)23(5)30(42-32)17-22(4)41-26(29)8/h17,19,21,26,29,41-42H,4,13-16,18,20H2,1-3,5-12H3,(H,39,46)/b30-17?,32-19?,36-28-,40-25?/t21-,26?,29+/m1/s1. The van der Waals surface area contributed by atoms with E-state index in [0.717, 1.165) is 40.4 Å². The van der Waals surface area contributed by atoms with Crippen molar-refractivity contribution in [2.45, 2.75) is 107 Å². The van der Waals surface area contributed by atoms with Crippen LogP contribution in [0.3, 0.4) is 0 Å². The molecule has 0 spiro atoms. The van der Waals surface area contributed by atoms with E-state index in [0.29, 0.717) is 46.3 Å². The largest absolute Gasteiger partial charge is 0.469 e. The molecule has 0 aromatic carbocycles. The predicted octanol–water partition coefficient (Wildman–Crippen LogP) is 4.51. The summed E-state index contributed by atoms with van der Waals surface area (Å²) in [6, 6.07) is 0.0568. The summed E-state index contributed by atoms with van der Waals surface area (Å²) in [7, 11) is 1.34. The van der Waals surface area contributed by atoms with Crippen LogP contribution in [0.2, 0.25) is 0 Å². The molecule has 10 heteroatoms. The Morgan fingerprint density at radius 1 is 1.10 bits per heavy atom. The van der Waals surface area contributed by atoms with E-state index in [1.54, 1.807) is 20.8 Å². The summed E-state index contributed by atoms with van der Waals surface area (Å²) in [5.74, 6) is -0.767. The summed E-state index contributed by atoms with van der Waals surface area (Å²) in [6.45, 7) is 24.7. The van der Waals surface area contributed by atoms with Gasteiger partial charge in [0.25, 0.3) is 5.91 Å². The lowest BCUT2D eigenvalue weighted by Crippen LogP contribution is -2.38. The molecular weight excluding hydrogens is 606 g/mol. The highest BCUT2D eigenvalue weighted by Gasteiger charge is 2.31. The number of allylic oxidation sites excluding steroid dienone is 2. The second-order valence-corrected chi connectivity index (χ2v) is 13.8. The van der Waals surface area contributed by atoms with Crippen LogP contribution in [0.15, 0.2) is 44.7 Å². The van der Waals surface area contributed by atoms with Crippen molar-refractivity contribution in [1.82, 2.24) is 15.6 Å². The Balaban J connectivity index is 2.29. The van der Waals surface area contributed by atoms with Crippen molar-refractivity contribution >= 4 is 41.4 Å². The van der Waals surface area contributed by atoms with E-state index in [1.165, 1.54) is 7.11 Å². The second-order valence-electron chi connectivity index (χ2n) is 13.8. The second kappa shape index (κ2) is 16.3. The number of ether oxygens (including phenoxy) is 2. The minimum absolute atomic E-state index is 0.0130. The topological polar surface area (TPSA) is 134 Å². The zero-order chi connectivity index (χ0) is 35.9. The highest BCUT2D eigenvalue weighted by atomic mass is 16.6. The van der Waals surface area contributed by atoms with Crippen molar-refractivity contribution in [1.29, 1.82) is 0 Å². The van der Waals surface area contributed by atoms with Crippen LogP contribution in [0.1, 0.15) is 92.7 Å². The number of aromatic nitrogens is 1. The Labute approximate surface area is 285 Å². The van der Waals surface area contributed by atoms with Crippen molar-refractivity contribution in [2.75, 3.05) is 20.2 Å². The third kappa shape index (κ3) is 9.45. The van der Waals surface area contributed by atoms with Gasteiger partial charge in [-0.05, 0) is 89.7 Å². The van der Waals surface area contributed by atoms with Crippen molar-refractivity contribution in [2.24, 2.45) is 21.8 Å². The number of methoxy groups -OCH3 is 1. The maximum Gasteiger partial charge on any atom is 0.310 e. The van der Waals surface area contributed by atoms with Gasteiger partial charge in [-0.3, -0.25) is 19.4 Å². The number of nitrogens with one attached hydrogen (secondary N) is 3. The monoisotopic (exact) mass is 661 g/mol. The Bertz CT molecular complexity index is 1680. The number of hydrogen-bond donors (Lipinski definition) is 3. The molecule has 1 aromatic heterocycles. The van der Waals surface area contributed by atoms with Crippen LogP contribution in [0.25, 0.3) is 12.2 Å². The molecule has 0 aliphatic carbocycles. The normalized spacial score (nSPS) is 20.9. The summed E-state index contributed by atoms with van der Waals surface area (Å²) in [5.41, 5.74) is 5.50. The summed E-state index contributed by atoms with van der Waals surface area (Å²) in [4.78, 5) is 52.8. The van der Waals surface area contributed by atoms with Crippen molar-refractivity contribution in [3.05, 3.63) is 56.5 Å². The smallest absolute Gasteiger partial charge is 0.310 e. The first-order valence-electron chi connectivity index (χ1n) is 17.0. The number of carbonyl (C=O) groups is 3. The molecule has 1 amide bonds. The number of esters is 2. The molecule has 3 atom stereocenters. The number of H-pyrrole nitrogens is 1. The number of amides is 1. The molecule has 4 bridgehead atoms. The van der Waals surface area contributed by atoms with Crippen LogP contribution in [0.4, 0.5) is 0 Å². The molecular formula is C38H55N5O5. The Morgan fingerprint density at radius 2 is 1.79 bits per heavy atom. The molecule has 1 unspecified atom stereocenters. The van der Waals surface area contributed by atoms with Gasteiger partial charge >= 0.3 is 11.9 Å². The van der Waals surface area contributed by atoms with Crippen LogP contribution in [0.5, 0.6) is 0 Å². The molecule has 2 aliphatic heterocycles. The SMILES string of the molecule is C=C1C=c2[nH]c(c(CC)c2C)=CC2=N/C(=C(/CC(=O)OC)C(C)=NC[C@@H]([C@H](C)CC)C(C)N1)C(C(=O)NCCC(=O)OC(C)(C)C)=C2C. The molecule has 3 N–H and O–H groups in total. The maximum absolute atomic E-state index is 13.9. The average Bonchev–Trinajstić information content (AvgIpc) is 3.48. The number of nitrogens with zero attached hydrogens (tertiary/aromatic N) is 2. The number of fused-ring (bicyclic) bond motifs is 3. The van der Waals surface area contributed by atoms with Gasteiger partial charge < -0.3 is 25.1 Å². The number of rotatable bonds is 9. The summed E-state index contributed by atoms with van der Waals surface area (Å²) in [5, 5.41) is 8.33. The number of hydrogen-bond acceptors (Lipinski definition) is 8.